The summed E-state index contributed by atoms with van der Waals surface area (Å²) >= 11 is 13.9. The van der Waals surface area contributed by atoms with E-state index in [1.807, 2.05) is 55.6 Å². The first-order valence-corrected chi connectivity index (χ1v) is 13.6. The predicted octanol–water partition coefficient (Wildman–Crippen LogP) is 6.74. The van der Waals surface area contributed by atoms with E-state index in [4.69, 9.17) is 37.7 Å². The summed E-state index contributed by atoms with van der Waals surface area (Å²) < 4.78 is 11.0. The van der Waals surface area contributed by atoms with Gasteiger partial charge in [0.25, 0.3) is 0 Å². The van der Waals surface area contributed by atoms with Crippen LogP contribution in [0.25, 0.3) is 11.3 Å². The van der Waals surface area contributed by atoms with E-state index in [2.05, 4.69) is 5.32 Å². The van der Waals surface area contributed by atoms with Gasteiger partial charge in [0, 0.05) is 27.6 Å². The molecule has 2 heterocycles. The van der Waals surface area contributed by atoms with Crippen LogP contribution in [0.1, 0.15) is 44.2 Å². The second-order valence-electron chi connectivity index (χ2n) is 8.87. The molecule has 9 heteroatoms. The van der Waals surface area contributed by atoms with E-state index < -0.39 is 29.3 Å². The maximum Gasteiger partial charge on any atom is 0.336 e. The van der Waals surface area contributed by atoms with Crippen LogP contribution < -0.4 is 5.32 Å². The fourth-order valence-corrected chi connectivity index (χ4v) is 6.38. The Kier molecular flexibility index (Phi) is 8.26. The van der Waals surface area contributed by atoms with Crippen LogP contribution in [0.2, 0.25) is 10.0 Å². The Morgan fingerprint density at radius 1 is 1.08 bits per heavy atom. The van der Waals surface area contributed by atoms with Crippen molar-refractivity contribution in [2.24, 2.45) is 5.92 Å². The van der Waals surface area contributed by atoms with Gasteiger partial charge in [0.15, 0.2) is 0 Å². The Morgan fingerprint density at radius 3 is 2.43 bits per heavy atom. The smallest absolute Gasteiger partial charge is 0.336 e. The van der Waals surface area contributed by atoms with Gasteiger partial charge in [0.1, 0.15) is 10.5 Å². The number of carbonyl (C=O) groups is 2. The van der Waals surface area contributed by atoms with Crippen LogP contribution in [-0.2, 0) is 24.6 Å². The molecule has 4 rings (SSSR count). The quantitative estimate of drug-likeness (QED) is 0.323. The molecule has 0 aliphatic carbocycles. The van der Waals surface area contributed by atoms with E-state index in [9.17, 15) is 9.59 Å². The van der Waals surface area contributed by atoms with E-state index in [1.165, 1.54) is 11.3 Å². The second-order valence-corrected chi connectivity index (χ2v) is 10.6. The standard InChI is InChI=1S/C28H28Cl2N2O4S/c1-5-35-25(33)22-16(3)32-28(4,24(26(34)36-6-2)23(22)17-10-8-7-9-11-17)27-31-21(15-37-27)19-13-12-18(29)14-20(19)30/h7-15,23-24,32H,5-6H2,1-4H3. The summed E-state index contributed by atoms with van der Waals surface area (Å²) in [7, 11) is 0. The lowest BCUT2D eigenvalue weighted by Crippen LogP contribution is -2.55. The van der Waals surface area contributed by atoms with Gasteiger partial charge in [-0.25, -0.2) is 9.78 Å². The average molecular weight is 560 g/mol. The van der Waals surface area contributed by atoms with Gasteiger partial charge in [-0.1, -0.05) is 53.5 Å². The minimum absolute atomic E-state index is 0.202. The molecule has 37 heavy (non-hydrogen) atoms. The summed E-state index contributed by atoms with van der Waals surface area (Å²) in [5.41, 5.74) is 2.25. The topological polar surface area (TPSA) is 77.5 Å². The first kappa shape index (κ1) is 27.2. The van der Waals surface area contributed by atoms with Crippen LogP contribution >= 0.6 is 34.5 Å². The Bertz CT molecular complexity index is 1340. The molecule has 1 aliphatic rings. The highest BCUT2D eigenvalue weighted by Gasteiger charge is 2.54. The van der Waals surface area contributed by atoms with Crippen LogP contribution in [0, 0.1) is 5.92 Å². The normalized spacial score (nSPS) is 21.4. The van der Waals surface area contributed by atoms with Gasteiger partial charge < -0.3 is 14.8 Å². The number of benzene rings is 2. The molecule has 0 radical (unpaired) electrons. The Balaban J connectivity index is 1.91. The number of hydrogen-bond acceptors (Lipinski definition) is 7. The Labute approximate surface area is 230 Å². The number of nitrogens with zero attached hydrogens (tertiary/aromatic N) is 1. The third kappa shape index (κ3) is 5.26. The summed E-state index contributed by atoms with van der Waals surface area (Å²) in [6.45, 7) is 7.69. The second kappa shape index (κ2) is 11.3. The minimum Gasteiger partial charge on any atom is -0.466 e. The molecule has 0 bridgehead atoms. The molecule has 3 unspecified atom stereocenters. The zero-order valence-electron chi connectivity index (χ0n) is 21.0. The predicted molar refractivity (Wildman–Crippen MR) is 147 cm³/mol. The number of halogens is 2. The number of nitrogens with one attached hydrogen (secondary N) is 1. The highest BCUT2D eigenvalue weighted by atomic mass is 35.5. The largest absolute Gasteiger partial charge is 0.466 e. The van der Waals surface area contributed by atoms with Gasteiger partial charge in [-0.05, 0) is 51.5 Å². The zero-order chi connectivity index (χ0) is 26.7. The fraction of sp³-hybridized carbons (Fsp3) is 0.321. The lowest BCUT2D eigenvalue weighted by molar-refractivity contribution is -0.152. The van der Waals surface area contributed by atoms with E-state index in [0.29, 0.717) is 32.0 Å². The summed E-state index contributed by atoms with van der Waals surface area (Å²) in [6.07, 6.45) is 0. The van der Waals surface area contributed by atoms with Crippen molar-refractivity contribution in [2.75, 3.05) is 13.2 Å². The molecule has 0 fully saturated rings. The molecule has 0 saturated carbocycles. The van der Waals surface area contributed by atoms with Crippen LogP contribution in [0.4, 0.5) is 0 Å². The Morgan fingerprint density at radius 2 is 1.78 bits per heavy atom. The Hall–Kier alpha value is -2.87. The van der Waals surface area contributed by atoms with Crippen molar-refractivity contribution >= 4 is 46.5 Å². The monoisotopic (exact) mass is 558 g/mol. The third-order valence-corrected chi connectivity index (χ3v) is 8.10. The summed E-state index contributed by atoms with van der Waals surface area (Å²) in [5, 5.41) is 7.02. The third-order valence-electron chi connectivity index (χ3n) is 6.47. The highest BCUT2D eigenvalue weighted by molar-refractivity contribution is 7.10. The number of rotatable bonds is 7. The van der Waals surface area contributed by atoms with Crippen LogP contribution in [0.15, 0.2) is 65.2 Å². The highest BCUT2D eigenvalue weighted by Crippen LogP contribution is 2.49. The maximum absolute atomic E-state index is 13.7. The van der Waals surface area contributed by atoms with Gasteiger partial charge >= 0.3 is 11.9 Å². The zero-order valence-corrected chi connectivity index (χ0v) is 23.3. The van der Waals surface area contributed by atoms with Gasteiger partial charge in [0.2, 0.25) is 0 Å². The van der Waals surface area contributed by atoms with E-state index in [0.717, 1.165) is 11.1 Å². The number of esters is 2. The number of aromatic nitrogens is 1. The van der Waals surface area contributed by atoms with Crippen molar-refractivity contribution in [1.82, 2.24) is 10.3 Å². The molecular formula is C28H28Cl2N2O4S. The summed E-state index contributed by atoms with van der Waals surface area (Å²) in [6, 6.07) is 14.7. The van der Waals surface area contributed by atoms with Crippen LogP contribution in [-0.4, -0.2) is 30.1 Å². The molecule has 0 saturated heterocycles. The van der Waals surface area contributed by atoms with Crippen LogP contribution in [0.5, 0.6) is 0 Å². The van der Waals surface area contributed by atoms with Crippen LogP contribution in [0.3, 0.4) is 0 Å². The fourth-order valence-electron chi connectivity index (χ4n) is 4.90. The molecule has 1 aromatic heterocycles. The lowest BCUT2D eigenvalue weighted by Gasteiger charge is -2.45. The number of thiazole rings is 1. The van der Waals surface area contributed by atoms with Crippen molar-refractivity contribution in [2.45, 2.75) is 39.2 Å². The van der Waals surface area contributed by atoms with Crippen molar-refractivity contribution < 1.29 is 19.1 Å². The van der Waals surface area contributed by atoms with E-state index >= 15 is 0 Å². The molecule has 0 spiro atoms. The molecule has 3 aromatic rings. The SMILES string of the molecule is CCOC(=O)C1=C(C)NC(C)(c2nc(-c3ccc(Cl)cc3Cl)cs2)C(C(=O)OCC)C1c1ccccc1. The molecule has 3 atom stereocenters. The van der Waals surface area contributed by atoms with Crippen molar-refractivity contribution in [3.05, 3.63) is 85.8 Å². The molecule has 2 aromatic carbocycles. The lowest BCUT2D eigenvalue weighted by atomic mass is 9.67. The van der Waals surface area contributed by atoms with E-state index in [1.54, 1.807) is 26.0 Å². The first-order valence-electron chi connectivity index (χ1n) is 12.0. The van der Waals surface area contributed by atoms with Crippen molar-refractivity contribution in [3.63, 3.8) is 0 Å². The molecule has 1 N–H and O–H groups in total. The van der Waals surface area contributed by atoms with Gasteiger partial charge in [0.05, 0.1) is 35.4 Å². The number of carbonyl (C=O) groups excluding carboxylic acids is 2. The minimum atomic E-state index is -0.991. The molecular weight excluding hydrogens is 531 g/mol. The van der Waals surface area contributed by atoms with Gasteiger partial charge in [-0.2, -0.15) is 0 Å². The van der Waals surface area contributed by atoms with Gasteiger partial charge in [-0.15, -0.1) is 11.3 Å². The molecule has 0 amide bonds. The number of allylic oxidation sites excluding steroid dienone is 1. The number of hydrogen-bond donors (Lipinski definition) is 1. The molecule has 1 aliphatic heterocycles. The maximum atomic E-state index is 13.7. The molecule has 6 nitrogen and oxygen atoms in total. The summed E-state index contributed by atoms with van der Waals surface area (Å²) in [5.74, 6) is -2.32. The van der Waals surface area contributed by atoms with E-state index in [-0.39, 0.29) is 13.2 Å². The van der Waals surface area contributed by atoms with Crippen molar-refractivity contribution in [3.8, 4) is 11.3 Å². The average Bonchev–Trinajstić information content (AvgIpc) is 3.35. The van der Waals surface area contributed by atoms with Crippen molar-refractivity contribution in [1.29, 1.82) is 0 Å². The first-order chi connectivity index (χ1) is 17.7. The molecule has 194 valence electrons. The number of ether oxygens (including phenoxy) is 2. The summed E-state index contributed by atoms with van der Waals surface area (Å²) in [4.78, 5) is 31.8. The van der Waals surface area contributed by atoms with Gasteiger partial charge in [-0.3, -0.25) is 4.79 Å².